The molecule has 0 spiro atoms. The van der Waals surface area contributed by atoms with Crippen LogP contribution < -0.4 is 16.0 Å². The number of rotatable bonds is 7. The van der Waals surface area contributed by atoms with Crippen LogP contribution in [0.15, 0.2) is 29.5 Å². The van der Waals surface area contributed by atoms with Crippen LogP contribution in [0, 0.1) is 11.8 Å². The van der Waals surface area contributed by atoms with Gasteiger partial charge in [-0.2, -0.15) is 0 Å². The number of pyridine rings is 1. The van der Waals surface area contributed by atoms with Crippen LogP contribution in [0.2, 0.25) is 0 Å². The van der Waals surface area contributed by atoms with Crippen molar-refractivity contribution in [2.45, 2.75) is 39.0 Å². The van der Waals surface area contributed by atoms with Gasteiger partial charge < -0.3 is 16.0 Å². The highest BCUT2D eigenvalue weighted by Crippen LogP contribution is 2.30. The standard InChI is InChI=1S/C19H31N5O/c1-15-5-3-6-16(13-15)8-10-23-19(20-2)24-12-11-22-18(25)17-7-4-9-21-14-17/h4,7,9,14-16H,3,5-6,8,10-13H2,1-2H3,(H,22,25)(H2,20,23,24). The molecule has 2 rings (SSSR count). The predicted molar refractivity (Wildman–Crippen MR) is 102 cm³/mol. The lowest BCUT2D eigenvalue weighted by molar-refractivity contribution is 0.0954. The van der Waals surface area contributed by atoms with E-state index >= 15 is 0 Å². The minimum Gasteiger partial charge on any atom is -0.356 e. The summed E-state index contributed by atoms with van der Waals surface area (Å²) in [6.07, 6.45) is 9.89. The van der Waals surface area contributed by atoms with Gasteiger partial charge in [-0.05, 0) is 36.8 Å². The maximum absolute atomic E-state index is 11.9. The molecule has 1 saturated carbocycles. The van der Waals surface area contributed by atoms with E-state index in [0.717, 1.165) is 24.3 Å². The first-order valence-electron chi connectivity index (χ1n) is 9.31. The van der Waals surface area contributed by atoms with Gasteiger partial charge in [0.2, 0.25) is 0 Å². The van der Waals surface area contributed by atoms with Crippen molar-refractivity contribution in [3.8, 4) is 0 Å². The molecule has 1 aromatic rings. The Morgan fingerprint density at radius 1 is 1.24 bits per heavy atom. The van der Waals surface area contributed by atoms with Gasteiger partial charge in [0.15, 0.2) is 5.96 Å². The van der Waals surface area contributed by atoms with Crippen LogP contribution in [0.25, 0.3) is 0 Å². The Labute approximate surface area is 150 Å². The van der Waals surface area contributed by atoms with Crippen LogP contribution in [0.3, 0.4) is 0 Å². The largest absolute Gasteiger partial charge is 0.356 e. The minimum absolute atomic E-state index is 0.107. The zero-order valence-corrected chi connectivity index (χ0v) is 15.4. The third-order valence-corrected chi connectivity index (χ3v) is 4.74. The van der Waals surface area contributed by atoms with Crippen LogP contribution in [-0.2, 0) is 0 Å². The SMILES string of the molecule is CN=C(NCCNC(=O)c1cccnc1)NCCC1CCCC(C)C1. The molecule has 0 aromatic carbocycles. The third-order valence-electron chi connectivity index (χ3n) is 4.74. The van der Waals surface area contributed by atoms with Crippen molar-refractivity contribution in [3.63, 3.8) is 0 Å². The van der Waals surface area contributed by atoms with Crippen LogP contribution >= 0.6 is 0 Å². The second-order valence-corrected chi connectivity index (χ2v) is 6.85. The van der Waals surface area contributed by atoms with Crippen molar-refractivity contribution in [2.75, 3.05) is 26.7 Å². The first-order valence-corrected chi connectivity index (χ1v) is 9.31. The van der Waals surface area contributed by atoms with Crippen LogP contribution in [-0.4, -0.2) is 43.5 Å². The van der Waals surface area contributed by atoms with Gasteiger partial charge in [-0.15, -0.1) is 0 Å². The molecule has 0 aliphatic heterocycles. The molecule has 0 radical (unpaired) electrons. The van der Waals surface area contributed by atoms with E-state index < -0.39 is 0 Å². The Bertz CT molecular complexity index is 546. The number of amides is 1. The summed E-state index contributed by atoms with van der Waals surface area (Å²) in [6.45, 7) is 4.47. The van der Waals surface area contributed by atoms with E-state index in [1.54, 1.807) is 31.6 Å². The number of nitrogens with zero attached hydrogens (tertiary/aromatic N) is 2. The second kappa shape index (κ2) is 10.7. The Hall–Kier alpha value is -2.11. The summed E-state index contributed by atoms with van der Waals surface area (Å²) in [5.74, 6) is 2.40. The molecule has 25 heavy (non-hydrogen) atoms. The van der Waals surface area contributed by atoms with Gasteiger partial charge in [0.1, 0.15) is 0 Å². The first-order chi connectivity index (χ1) is 12.2. The van der Waals surface area contributed by atoms with E-state index in [4.69, 9.17) is 0 Å². The molecule has 1 aromatic heterocycles. The van der Waals surface area contributed by atoms with Gasteiger partial charge in [-0.1, -0.05) is 26.2 Å². The minimum atomic E-state index is -0.107. The topological polar surface area (TPSA) is 78.4 Å². The maximum atomic E-state index is 11.9. The van der Waals surface area contributed by atoms with E-state index in [1.165, 1.54) is 32.1 Å². The highest BCUT2D eigenvalue weighted by atomic mass is 16.1. The number of nitrogens with one attached hydrogen (secondary N) is 3. The van der Waals surface area contributed by atoms with Gasteiger partial charge in [-0.3, -0.25) is 14.8 Å². The monoisotopic (exact) mass is 345 g/mol. The number of carbonyl (C=O) groups is 1. The van der Waals surface area contributed by atoms with Crippen molar-refractivity contribution in [2.24, 2.45) is 16.8 Å². The summed E-state index contributed by atoms with van der Waals surface area (Å²) in [5, 5.41) is 9.47. The van der Waals surface area contributed by atoms with Gasteiger partial charge in [0, 0.05) is 39.1 Å². The second-order valence-electron chi connectivity index (χ2n) is 6.85. The lowest BCUT2D eigenvalue weighted by Crippen LogP contribution is -2.42. The number of guanidine groups is 1. The highest BCUT2D eigenvalue weighted by molar-refractivity contribution is 5.93. The molecule has 1 aliphatic carbocycles. The quantitative estimate of drug-likeness (QED) is 0.402. The average molecular weight is 345 g/mol. The zero-order chi connectivity index (χ0) is 17.9. The van der Waals surface area contributed by atoms with E-state index in [-0.39, 0.29) is 5.91 Å². The van der Waals surface area contributed by atoms with Crippen LogP contribution in [0.1, 0.15) is 49.4 Å². The summed E-state index contributed by atoms with van der Waals surface area (Å²) >= 11 is 0. The first kappa shape index (κ1) is 19.2. The fraction of sp³-hybridized carbons (Fsp3) is 0.632. The maximum Gasteiger partial charge on any atom is 0.252 e. The molecule has 6 nitrogen and oxygen atoms in total. The van der Waals surface area contributed by atoms with E-state index in [9.17, 15) is 4.79 Å². The lowest BCUT2D eigenvalue weighted by atomic mass is 9.81. The fourth-order valence-electron chi connectivity index (χ4n) is 3.39. The van der Waals surface area contributed by atoms with Gasteiger partial charge in [0.05, 0.1) is 5.56 Å². The Morgan fingerprint density at radius 2 is 2.04 bits per heavy atom. The molecular formula is C19H31N5O. The molecule has 3 N–H and O–H groups in total. The van der Waals surface area contributed by atoms with Gasteiger partial charge in [0.25, 0.3) is 5.91 Å². The molecular weight excluding hydrogens is 314 g/mol. The lowest BCUT2D eigenvalue weighted by Gasteiger charge is -2.26. The number of hydrogen-bond donors (Lipinski definition) is 3. The summed E-state index contributed by atoms with van der Waals surface area (Å²) in [6, 6.07) is 3.51. The Balaban J connectivity index is 1.58. The molecule has 1 fully saturated rings. The molecule has 1 amide bonds. The number of aliphatic imine (C=N–C) groups is 1. The molecule has 138 valence electrons. The molecule has 1 heterocycles. The van der Waals surface area contributed by atoms with Crippen molar-refractivity contribution in [1.82, 2.24) is 20.9 Å². The smallest absolute Gasteiger partial charge is 0.252 e. The van der Waals surface area contributed by atoms with Crippen molar-refractivity contribution in [1.29, 1.82) is 0 Å². The van der Waals surface area contributed by atoms with Crippen LogP contribution in [0.5, 0.6) is 0 Å². The molecule has 0 bridgehead atoms. The molecule has 0 saturated heterocycles. The highest BCUT2D eigenvalue weighted by Gasteiger charge is 2.18. The molecule has 1 aliphatic rings. The average Bonchev–Trinajstić information content (AvgIpc) is 2.64. The van der Waals surface area contributed by atoms with Crippen LogP contribution in [0.4, 0.5) is 0 Å². The number of aromatic nitrogens is 1. The van der Waals surface area contributed by atoms with E-state index in [2.05, 4.69) is 32.9 Å². The summed E-state index contributed by atoms with van der Waals surface area (Å²) < 4.78 is 0. The Kier molecular flexibility index (Phi) is 8.22. The van der Waals surface area contributed by atoms with Crippen molar-refractivity contribution < 1.29 is 4.79 Å². The zero-order valence-electron chi connectivity index (χ0n) is 15.4. The third kappa shape index (κ3) is 7.11. The fourth-order valence-corrected chi connectivity index (χ4v) is 3.39. The number of hydrogen-bond acceptors (Lipinski definition) is 3. The molecule has 6 heteroatoms. The Morgan fingerprint density at radius 3 is 2.76 bits per heavy atom. The van der Waals surface area contributed by atoms with E-state index in [0.29, 0.717) is 18.7 Å². The molecule has 2 unspecified atom stereocenters. The van der Waals surface area contributed by atoms with Gasteiger partial charge in [-0.25, -0.2) is 0 Å². The van der Waals surface area contributed by atoms with Gasteiger partial charge >= 0.3 is 0 Å². The van der Waals surface area contributed by atoms with Crippen molar-refractivity contribution in [3.05, 3.63) is 30.1 Å². The summed E-state index contributed by atoms with van der Waals surface area (Å²) in [5.41, 5.74) is 0.576. The predicted octanol–water partition coefficient (Wildman–Crippen LogP) is 2.19. The summed E-state index contributed by atoms with van der Waals surface area (Å²) in [7, 11) is 1.77. The van der Waals surface area contributed by atoms with E-state index in [1.807, 2.05) is 0 Å². The summed E-state index contributed by atoms with van der Waals surface area (Å²) in [4.78, 5) is 20.1. The van der Waals surface area contributed by atoms with Crippen molar-refractivity contribution >= 4 is 11.9 Å². The number of carbonyl (C=O) groups excluding carboxylic acids is 1. The normalized spacial score (nSPS) is 20.8. The molecule has 2 atom stereocenters.